The van der Waals surface area contributed by atoms with Crippen LogP contribution < -0.4 is 16.1 Å². The number of nitrogens with one attached hydrogen (secondary N) is 3. The minimum absolute atomic E-state index is 0.00551. The minimum Gasteiger partial charge on any atom is -0.453 e. The fraction of sp³-hybridized carbons (Fsp3) is 0.658. The third-order valence-electron chi connectivity index (χ3n) is 9.45. The number of hydrazine groups is 1. The maximum Gasteiger partial charge on any atom is 0.407 e. The highest BCUT2D eigenvalue weighted by molar-refractivity contribution is 7.09. The predicted octanol–water partition coefficient (Wildman–Crippen LogP) is 4.18. The monoisotopic (exact) mass is 759 g/mol. The molecule has 15 heteroatoms. The van der Waals surface area contributed by atoms with Crippen molar-refractivity contribution < 1.29 is 33.8 Å². The van der Waals surface area contributed by atoms with Gasteiger partial charge in [-0.15, -0.1) is 11.3 Å². The van der Waals surface area contributed by atoms with E-state index < -0.39 is 41.6 Å². The van der Waals surface area contributed by atoms with Crippen LogP contribution in [0.2, 0.25) is 0 Å². The molecule has 1 aliphatic heterocycles. The normalized spacial score (nSPS) is 16.3. The van der Waals surface area contributed by atoms with Crippen molar-refractivity contribution in [1.82, 2.24) is 35.9 Å². The molecule has 1 aromatic heterocycles. The van der Waals surface area contributed by atoms with Crippen molar-refractivity contribution in [2.75, 3.05) is 40.4 Å². The van der Waals surface area contributed by atoms with Crippen molar-refractivity contribution in [2.45, 2.75) is 105 Å². The Morgan fingerprint density at radius 2 is 1.75 bits per heavy atom. The second kappa shape index (κ2) is 20.6. The Bertz CT molecular complexity index is 1470. The molecule has 14 nitrogen and oxygen atoms in total. The molecule has 1 saturated heterocycles. The number of benzene rings is 1. The van der Waals surface area contributed by atoms with E-state index in [0.29, 0.717) is 58.0 Å². The number of ether oxygens (including phenoxy) is 2. The number of aliphatic hydroxyl groups excluding tert-OH is 1. The summed E-state index contributed by atoms with van der Waals surface area (Å²) in [5.74, 6) is -0.670. The van der Waals surface area contributed by atoms with E-state index in [1.807, 2.05) is 70.3 Å². The first-order valence-corrected chi connectivity index (χ1v) is 19.4. The summed E-state index contributed by atoms with van der Waals surface area (Å²) in [7, 11) is 2.85. The van der Waals surface area contributed by atoms with Gasteiger partial charge >= 0.3 is 12.1 Å². The second-order valence-electron chi connectivity index (χ2n) is 15.3. The maximum atomic E-state index is 14.3. The van der Waals surface area contributed by atoms with Crippen LogP contribution in [-0.4, -0.2) is 113 Å². The Morgan fingerprint density at radius 3 is 2.36 bits per heavy atom. The largest absolute Gasteiger partial charge is 0.453 e. The number of hydrogen-bond acceptors (Lipinski definition) is 10. The molecule has 3 rings (SSSR count). The van der Waals surface area contributed by atoms with E-state index in [-0.39, 0.29) is 24.4 Å². The van der Waals surface area contributed by atoms with Gasteiger partial charge in [0.05, 0.1) is 38.1 Å². The Balaban J connectivity index is 1.85. The zero-order chi connectivity index (χ0) is 39.3. The van der Waals surface area contributed by atoms with Crippen molar-refractivity contribution in [3.63, 3.8) is 0 Å². The number of hydrogen-bond donors (Lipinski definition) is 4. The average Bonchev–Trinajstić information content (AvgIpc) is 3.70. The van der Waals surface area contributed by atoms with Crippen LogP contribution in [0.4, 0.5) is 9.59 Å². The van der Waals surface area contributed by atoms with Gasteiger partial charge in [0.25, 0.3) is 5.91 Å². The van der Waals surface area contributed by atoms with E-state index in [1.54, 1.807) is 21.9 Å². The van der Waals surface area contributed by atoms with Crippen molar-refractivity contribution in [3.8, 4) is 0 Å². The molecule has 296 valence electrons. The van der Waals surface area contributed by atoms with Gasteiger partial charge in [-0.25, -0.2) is 19.6 Å². The summed E-state index contributed by atoms with van der Waals surface area (Å²) in [6.45, 7) is 15.6. The van der Waals surface area contributed by atoms with Crippen LogP contribution in [-0.2, 0) is 38.6 Å². The summed E-state index contributed by atoms with van der Waals surface area (Å²) in [4.78, 5) is 61.8. The Morgan fingerprint density at radius 1 is 1.06 bits per heavy atom. The number of alkyl carbamates (subject to hydrolysis) is 1. The average molecular weight is 760 g/mol. The lowest BCUT2D eigenvalue weighted by Crippen LogP contribution is -2.60. The first kappa shape index (κ1) is 43.6. The van der Waals surface area contributed by atoms with Gasteiger partial charge in [-0.3, -0.25) is 15.0 Å². The van der Waals surface area contributed by atoms with Gasteiger partial charge in [-0.05, 0) is 35.7 Å². The van der Waals surface area contributed by atoms with E-state index in [9.17, 15) is 24.3 Å². The molecule has 1 fully saturated rings. The molecule has 0 aliphatic carbocycles. The van der Waals surface area contributed by atoms with Crippen molar-refractivity contribution in [1.29, 1.82) is 0 Å². The van der Waals surface area contributed by atoms with Crippen molar-refractivity contribution >= 4 is 35.3 Å². The number of nitrogens with zero attached hydrogens (tertiary/aromatic N) is 4. The molecule has 0 spiro atoms. The highest BCUT2D eigenvalue weighted by atomic mass is 32.1. The maximum absolute atomic E-state index is 14.3. The van der Waals surface area contributed by atoms with Gasteiger partial charge in [0.1, 0.15) is 17.1 Å². The molecule has 53 heavy (non-hydrogen) atoms. The lowest BCUT2D eigenvalue weighted by Gasteiger charge is -2.36. The minimum atomic E-state index is -1.12. The van der Waals surface area contributed by atoms with Crippen molar-refractivity contribution in [2.24, 2.45) is 17.3 Å². The van der Waals surface area contributed by atoms with E-state index >= 15 is 0 Å². The molecule has 5 atom stereocenters. The lowest BCUT2D eigenvalue weighted by molar-refractivity contribution is -0.132. The smallest absolute Gasteiger partial charge is 0.407 e. The van der Waals surface area contributed by atoms with Crippen LogP contribution in [0.3, 0.4) is 0 Å². The number of carbonyl (C=O) groups is 4. The fourth-order valence-corrected chi connectivity index (χ4v) is 6.95. The van der Waals surface area contributed by atoms with Gasteiger partial charge in [-0.2, -0.15) is 0 Å². The number of methoxy groups -OCH3 is 2. The molecule has 5 unspecified atom stereocenters. The Kier molecular flexibility index (Phi) is 17.0. The van der Waals surface area contributed by atoms with E-state index in [4.69, 9.17) is 9.47 Å². The Labute approximate surface area is 318 Å². The zero-order valence-electron chi connectivity index (χ0n) is 32.9. The van der Waals surface area contributed by atoms with Crippen LogP contribution in [0.25, 0.3) is 0 Å². The zero-order valence-corrected chi connectivity index (χ0v) is 33.7. The molecule has 1 aliphatic rings. The fourth-order valence-electron chi connectivity index (χ4n) is 6.20. The molecule has 0 radical (unpaired) electrons. The van der Waals surface area contributed by atoms with E-state index in [2.05, 4.69) is 34.9 Å². The standard InChI is InChI=1S/C38H61N7O7S/c1-10-26(4)32(45-19-18-43(37(45)50)21-28-24-53-31(39-28)23-51-8)34(47)40-29(20-27-14-12-11-13-15-27)30(46)22-44(17-16-25(2)3)42-35(48)33(38(5,6)7)41-36(49)52-9/h11-15,24-26,29-30,32-33,46H,10,16-23H2,1-9H3,(H,40,47)(H,41,49)(H,42,48). The van der Waals surface area contributed by atoms with E-state index in [1.165, 1.54) is 18.4 Å². The molecular formula is C38H61N7O7S. The van der Waals surface area contributed by atoms with Crippen molar-refractivity contribution in [3.05, 3.63) is 52.0 Å². The summed E-state index contributed by atoms with van der Waals surface area (Å²) in [6, 6.07) is 6.88. The third-order valence-corrected chi connectivity index (χ3v) is 10.3. The number of rotatable bonds is 20. The number of aliphatic hydroxyl groups is 1. The summed E-state index contributed by atoms with van der Waals surface area (Å²) in [6.07, 6.45) is -0.165. The van der Waals surface area contributed by atoms with Crippen LogP contribution in [0.5, 0.6) is 0 Å². The molecule has 0 saturated carbocycles. The molecule has 4 N–H and O–H groups in total. The molecule has 5 amide bonds. The number of urea groups is 1. The van der Waals surface area contributed by atoms with Gasteiger partial charge in [0.2, 0.25) is 5.91 Å². The van der Waals surface area contributed by atoms with Gasteiger partial charge in [0.15, 0.2) is 0 Å². The Hall–Kier alpha value is -3.79. The molecular weight excluding hydrogens is 699 g/mol. The molecule has 2 heterocycles. The third kappa shape index (κ3) is 13.2. The van der Waals surface area contributed by atoms with Gasteiger partial charge in [0, 0.05) is 38.7 Å². The summed E-state index contributed by atoms with van der Waals surface area (Å²) >= 11 is 1.48. The van der Waals surface area contributed by atoms with Gasteiger partial charge in [-0.1, -0.05) is 85.2 Å². The van der Waals surface area contributed by atoms with Crippen LogP contribution in [0.15, 0.2) is 35.7 Å². The SMILES string of the molecule is CCC(C)C(C(=O)NC(Cc1ccccc1)C(O)CN(CCC(C)C)NC(=O)C(NC(=O)OC)C(C)(C)C)N1CCN(Cc2csc(COC)n2)C1=O. The molecule has 1 aromatic carbocycles. The molecule has 2 aromatic rings. The highest BCUT2D eigenvalue weighted by Crippen LogP contribution is 2.24. The summed E-state index contributed by atoms with van der Waals surface area (Å²) < 4.78 is 9.96. The topological polar surface area (TPSA) is 166 Å². The van der Waals surface area contributed by atoms with Crippen LogP contribution in [0, 0.1) is 17.3 Å². The number of amides is 5. The molecule has 0 bridgehead atoms. The predicted molar refractivity (Wildman–Crippen MR) is 205 cm³/mol. The van der Waals surface area contributed by atoms with Crippen LogP contribution in [0.1, 0.15) is 77.6 Å². The number of carbonyl (C=O) groups excluding carboxylic acids is 4. The number of aromatic nitrogens is 1. The lowest BCUT2D eigenvalue weighted by atomic mass is 9.86. The first-order valence-electron chi connectivity index (χ1n) is 18.5. The summed E-state index contributed by atoms with van der Waals surface area (Å²) in [5, 5.41) is 22.1. The van der Waals surface area contributed by atoms with E-state index in [0.717, 1.165) is 16.3 Å². The van der Waals surface area contributed by atoms with Gasteiger partial charge < -0.3 is 35.0 Å². The summed E-state index contributed by atoms with van der Waals surface area (Å²) in [5.41, 5.74) is 3.96. The quantitative estimate of drug-likeness (QED) is 0.145. The number of thiazole rings is 1. The second-order valence-corrected chi connectivity index (χ2v) is 16.2. The van der Waals surface area contributed by atoms with Crippen LogP contribution >= 0.6 is 11.3 Å². The first-order chi connectivity index (χ1) is 25.1. The highest BCUT2D eigenvalue weighted by Gasteiger charge is 2.41.